The molecule has 0 saturated heterocycles. The maximum Gasteiger partial charge on any atom is 0.323 e. The zero-order valence-electron chi connectivity index (χ0n) is 11.8. The van der Waals surface area contributed by atoms with E-state index in [2.05, 4.69) is 30.6 Å². The molecule has 0 amide bonds. The van der Waals surface area contributed by atoms with Gasteiger partial charge in [-0.25, -0.2) is 4.98 Å². The number of aromatic nitrogens is 4. The first-order valence-corrected chi connectivity index (χ1v) is 7.36. The standard InChI is InChI=1S/C12H18N6OS/c1-4-13-10-16-11(18-12(17-10)19-5-2)14-6-9-7-20-8(3)15-9/h7H,4-6H2,1-3H3,(H2,13,14,16,17,18). The summed E-state index contributed by atoms with van der Waals surface area (Å²) in [6.07, 6.45) is 0. The number of ether oxygens (including phenoxy) is 1. The first-order valence-electron chi connectivity index (χ1n) is 6.49. The van der Waals surface area contributed by atoms with Gasteiger partial charge in [-0.05, 0) is 20.8 Å². The van der Waals surface area contributed by atoms with Crippen molar-refractivity contribution in [1.82, 2.24) is 19.9 Å². The summed E-state index contributed by atoms with van der Waals surface area (Å²) in [5, 5.41) is 9.24. The molecular weight excluding hydrogens is 276 g/mol. The Morgan fingerprint density at radius 1 is 1.10 bits per heavy atom. The van der Waals surface area contributed by atoms with Crippen LogP contribution < -0.4 is 15.4 Å². The molecule has 0 saturated carbocycles. The predicted octanol–water partition coefficient (Wildman–Crippen LogP) is 2.08. The number of nitrogens with one attached hydrogen (secondary N) is 2. The Bertz CT molecular complexity index is 534. The summed E-state index contributed by atoms with van der Waals surface area (Å²) in [5.74, 6) is 0.980. The molecule has 2 heterocycles. The van der Waals surface area contributed by atoms with E-state index in [9.17, 15) is 0 Å². The minimum absolute atomic E-state index is 0.315. The molecule has 8 heteroatoms. The fourth-order valence-corrected chi connectivity index (χ4v) is 2.14. The summed E-state index contributed by atoms with van der Waals surface area (Å²) < 4.78 is 5.33. The summed E-state index contributed by atoms with van der Waals surface area (Å²) in [6, 6.07) is 0.315. The van der Waals surface area contributed by atoms with Crippen molar-refractivity contribution in [3.05, 3.63) is 16.1 Å². The summed E-state index contributed by atoms with van der Waals surface area (Å²) in [6.45, 7) is 7.68. The second-order valence-electron chi connectivity index (χ2n) is 3.94. The van der Waals surface area contributed by atoms with Crippen molar-refractivity contribution in [2.24, 2.45) is 0 Å². The number of rotatable bonds is 7. The van der Waals surface area contributed by atoms with E-state index in [0.29, 0.717) is 31.1 Å². The van der Waals surface area contributed by atoms with Gasteiger partial charge in [-0.3, -0.25) is 0 Å². The first-order chi connectivity index (χ1) is 9.71. The monoisotopic (exact) mass is 294 g/mol. The lowest BCUT2D eigenvalue weighted by Gasteiger charge is -2.08. The average molecular weight is 294 g/mol. The second-order valence-corrected chi connectivity index (χ2v) is 5.00. The molecule has 0 bridgehead atoms. The van der Waals surface area contributed by atoms with Crippen molar-refractivity contribution in [1.29, 1.82) is 0 Å². The van der Waals surface area contributed by atoms with Gasteiger partial charge in [0.25, 0.3) is 0 Å². The van der Waals surface area contributed by atoms with Gasteiger partial charge in [-0.15, -0.1) is 11.3 Å². The van der Waals surface area contributed by atoms with E-state index in [-0.39, 0.29) is 0 Å². The third-order valence-electron chi connectivity index (χ3n) is 2.32. The van der Waals surface area contributed by atoms with Gasteiger partial charge >= 0.3 is 6.01 Å². The highest BCUT2D eigenvalue weighted by Crippen LogP contribution is 2.13. The molecule has 0 fully saturated rings. The topological polar surface area (TPSA) is 84.9 Å². The van der Waals surface area contributed by atoms with Crippen molar-refractivity contribution in [2.75, 3.05) is 23.8 Å². The maximum absolute atomic E-state index is 5.33. The number of thiazole rings is 1. The molecule has 2 N–H and O–H groups in total. The lowest BCUT2D eigenvalue weighted by atomic mass is 10.5. The van der Waals surface area contributed by atoms with E-state index in [0.717, 1.165) is 17.2 Å². The molecular formula is C12H18N6OS. The van der Waals surface area contributed by atoms with E-state index in [4.69, 9.17) is 4.74 Å². The van der Waals surface area contributed by atoms with E-state index in [1.54, 1.807) is 11.3 Å². The molecule has 0 aromatic carbocycles. The van der Waals surface area contributed by atoms with Crippen LogP contribution in [0, 0.1) is 6.92 Å². The lowest BCUT2D eigenvalue weighted by Crippen LogP contribution is -2.10. The highest BCUT2D eigenvalue weighted by molar-refractivity contribution is 7.09. The molecule has 0 aliphatic rings. The van der Waals surface area contributed by atoms with Crippen LogP contribution in [0.25, 0.3) is 0 Å². The van der Waals surface area contributed by atoms with E-state index >= 15 is 0 Å². The lowest BCUT2D eigenvalue weighted by molar-refractivity contribution is 0.312. The van der Waals surface area contributed by atoms with Crippen molar-refractivity contribution in [3.63, 3.8) is 0 Å². The Balaban J connectivity index is 2.08. The highest BCUT2D eigenvalue weighted by Gasteiger charge is 2.07. The third kappa shape index (κ3) is 4.02. The molecule has 2 rings (SSSR count). The zero-order valence-corrected chi connectivity index (χ0v) is 12.6. The number of nitrogens with zero attached hydrogens (tertiary/aromatic N) is 4. The highest BCUT2D eigenvalue weighted by atomic mass is 32.1. The molecule has 0 atom stereocenters. The predicted molar refractivity (Wildman–Crippen MR) is 79.3 cm³/mol. The fourth-order valence-electron chi connectivity index (χ4n) is 1.53. The first kappa shape index (κ1) is 14.4. The van der Waals surface area contributed by atoms with Crippen LogP contribution in [-0.2, 0) is 6.54 Å². The van der Waals surface area contributed by atoms with Crippen molar-refractivity contribution in [3.8, 4) is 6.01 Å². The van der Waals surface area contributed by atoms with Gasteiger partial charge < -0.3 is 15.4 Å². The van der Waals surface area contributed by atoms with Gasteiger partial charge in [0.1, 0.15) is 0 Å². The Kier molecular flexibility index (Phi) is 5.05. The quantitative estimate of drug-likeness (QED) is 0.808. The Morgan fingerprint density at radius 3 is 2.45 bits per heavy atom. The summed E-state index contributed by atoms with van der Waals surface area (Å²) in [4.78, 5) is 17.0. The van der Waals surface area contributed by atoms with Crippen LogP contribution in [-0.4, -0.2) is 33.1 Å². The summed E-state index contributed by atoms with van der Waals surface area (Å²) in [5.41, 5.74) is 0.968. The van der Waals surface area contributed by atoms with Gasteiger partial charge in [-0.2, -0.15) is 15.0 Å². The molecule has 108 valence electrons. The minimum atomic E-state index is 0.315. The number of aryl methyl sites for hydroxylation is 1. The largest absolute Gasteiger partial charge is 0.464 e. The van der Waals surface area contributed by atoms with Crippen LogP contribution in [0.15, 0.2) is 5.38 Å². The van der Waals surface area contributed by atoms with E-state index in [1.807, 2.05) is 26.2 Å². The molecule has 0 spiro atoms. The van der Waals surface area contributed by atoms with Gasteiger partial charge in [0, 0.05) is 11.9 Å². The van der Waals surface area contributed by atoms with E-state index in [1.165, 1.54) is 0 Å². The summed E-state index contributed by atoms with van der Waals surface area (Å²) >= 11 is 1.62. The van der Waals surface area contributed by atoms with Crippen LogP contribution in [0.2, 0.25) is 0 Å². The molecule has 0 radical (unpaired) electrons. The van der Waals surface area contributed by atoms with Crippen LogP contribution in [0.1, 0.15) is 24.5 Å². The van der Waals surface area contributed by atoms with Gasteiger partial charge in [0.15, 0.2) is 0 Å². The van der Waals surface area contributed by atoms with Crippen molar-refractivity contribution >= 4 is 23.2 Å². The SMILES string of the molecule is CCNc1nc(NCc2csc(C)n2)nc(OCC)n1. The van der Waals surface area contributed by atoms with Gasteiger partial charge in [0.05, 0.1) is 23.9 Å². The molecule has 0 unspecified atom stereocenters. The number of anilines is 2. The molecule has 2 aromatic heterocycles. The minimum Gasteiger partial charge on any atom is -0.464 e. The van der Waals surface area contributed by atoms with Crippen molar-refractivity contribution < 1.29 is 4.74 Å². The molecule has 0 aliphatic heterocycles. The molecule has 0 aliphatic carbocycles. The summed E-state index contributed by atoms with van der Waals surface area (Å²) in [7, 11) is 0. The Labute approximate surface area is 121 Å². The smallest absolute Gasteiger partial charge is 0.323 e. The zero-order chi connectivity index (χ0) is 14.4. The fraction of sp³-hybridized carbons (Fsp3) is 0.500. The molecule has 20 heavy (non-hydrogen) atoms. The Morgan fingerprint density at radius 2 is 1.85 bits per heavy atom. The number of hydrogen-bond donors (Lipinski definition) is 2. The maximum atomic E-state index is 5.33. The third-order valence-corrected chi connectivity index (χ3v) is 3.14. The second kappa shape index (κ2) is 6.99. The van der Waals surface area contributed by atoms with Gasteiger partial charge in [-0.1, -0.05) is 0 Å². The van der Waals surface area contributed by atoms with Crippen LogP contribution in [0.3, 0.4) is 0 Å². The van der Waals surface area contributed by atoms with E-state index < -0.39 is 0 Å². The Hall–Kier alpha value is -1.96. The normalized spacial score (nSPS) is 10.3. The van der Waals surface area contributed by atoms with Gasteiger partial charge in [0.2, 0.25) is 11.9 Å². The number of hydrogen-bond acceptors (Lipinski definition) is 8. The van der Waals surface area contributed by atoms with Crippen LogP contribution >= 0.6 is 11.3 Å². The van der Waals surface area contributed by atoms with Crippen LogP contribution in [0.5, 0.6) is 6.01 Å². The van der Waals surface area contributed by atoms with Crippen molar-refractivity contribution in [2.45, 2.75) is 27.3 Å². The molecule has 2 aromatic rings. The molecule has 7 nitrogen and oxygen atoms in total. The van der Waals surface area contributed by atoms with Crippen LogP contribution in [0.4, 0.5) is 11.9 Å². The average Bonchev–Trinajstić information content (AvgIpc) is 2.83.